The van der Waals surface area contributed by atoms with Crippen LogP contribution in [0.15, 0.2) is 63.1 Å². The fraction of sp³-hybridized carbons (Fsp3) is 0.238. The highest BCUT2D eigenvalue weighted by Crippen LogP contribution is 2.41. The van der Waals surface area contributed by atoms with Crippen molar-refractivity contribution in [1.82, 2.24) is 9.97 Å². The molecular formula is C21H19FN4O4S. The van der Waals surface area contributed by atoms with E-state index in [0.29, 0.717) is 10.9 Å². The molecule has 2 heterocycles. The summed E-state index contributed by atoms with van der Waals surface area (Å²) in [4.78, 5) is 31.4. The molecular weight excluding hydrogens is 423 g/mol. The number of aryl methyl sites for hydroxylation is 1. The molecule has 8 nitrogen and oxygen atoms in total. The van der Waals surface area contributed by atoms with E-state index in [1.807, 2.05) is 6.07 Å². The summed E-state index contributed by atoms with van der Waals surface area (Å²) in [6, 6.07) is 9.06. The lowest BCUT2D eigenvalue weighted by Crippen LogP contribution is -2.27. The third kappa shape index (κ3) is 4.78. The Labute approximate surface area is 181 Å². The van der Waals surface area contributed by atoms with Crippen molar-refractivity contribution in [2.24, 2.45) is 5.73 Å². The highest BCUT2D eigenvalue weighted by atomic mass is 32.2. The molecule has 3 N–H and O–H groups in total. The summed E-state index contributed by atoms with van der Waals surface area (Å²) in [6.45, 7) is 3.37. The first-order chi connectivity index (χ1) is 14.8. The normalized spacial score (nSPS) is 16.0. The third-order valence-corrected chi connectivity index (χ3v) is 5.27. The lowest BCUT2D eigenvalue weighted by molar-refractivity contribution is -0.139. The molecule has 0 unspecified atom stereocenters. The van der Waals surface area contributed by atoms with Crippen LogP contribution in [0.2, 0.25) is 0 Å². The number of aromatic nitrogens is 2. The molecule has 1 aromatic carbocycles. The van der Waals surface area contributed by atoms with Gasteiger partial charge in [-0.15, -0.1) is 0 Å². The fourth-order valence-electron chi connectivity index (χ4n) is 3.13. The number of benzene rings is 1. The van der Waals surface area contributed by atoms with Crippen LogP contribution < -0.4 is 11.3 Å². The number of hydrogen-bond donors (Lipinski definition) is 2. The van der Waals surface area contributed by atoms with E-state index in [0.717, 1.165) is 11.8 Å². The first-order valence-electron chi connectivity index (χ1n) is 9.28. The smallest absolute Gasteiger partial charge is 0.338 e. The molecule has 0 saturated carbocycles. The molecule has 3 rings (SSSR count). The average Bonchev–Trinajstić information content (AvgIpc) is 2.71. The number of aromatic amines is 1. The lowest BCUT2D eigenvalue weighted by atomic mass is 9.83. The molecule has 160 valence electrons. The van der Waals surface area contributed by atoms with Crippen LogP contribution in [-0.2, 0) is 14.3 Å². The van der Waals surface area contributed by atoms with Crippen LogP contribution in [0.25, 0.3) is 0 Å². The predicted octanol–water partition coefficient (Wildman–Crippen LogP) is 2.63. The van der Waals surface area contributed by atoms with E-state index in [9.17, 15) is 19.2 Å². The van der Waals surface area contributed by atoms with E-state index in [4.69, 9.17) is 15.2 Å². The Hall–Kier alpha value is -3.58. The highest BCUT2D eigenvalue weighted by molar-refractivity contribution is 7.99. The van der Waals surface area contributed by atoms with Gasteiger partial charge < -0.3 is 20.2 Å². The van der Waals surface area contributed by atoms with Gasteiger partial charge in [0.15, 0.2) is 5.16 Å². The number of nitrogens with two attached hydrogens (primary N) is 1. The van der Waals surface area contributed by atoms with Gasteiger partial charge in [0.1, 0.15) is 23.2 Å². The van der Waals surface area contributed by atoms with Gasteiger partial charge >= 0.3 is 5.97 Å². The molecule has 0 fully saturated rings. The Morgan fingerprint density at radius 3 is 2.84 bits per heavy atom. The number of nitrogens with zero attached hydrogens (tertiary/aromatic N) is 2. The average molecular weight is 442 g/mol. The maximum Gasteiger partial charge on any atom is 0.338 e. The van der Waals surface area contributed by atoms with Gasteiger partial charge in [0.05, 0.1) is 23.9 Å². The standard InChI is InChI=1S/C21H19FN4O4S/c1-3-29-20(28)18-15(10-31-21-25-11(2)8-16(27)26-21)30-19(24)13(9-23)17(18)12-6-4-5-7-14(12)22/h4-8,17H,3,10,24H2,1-2H3,(H,25,26,27)/t17-/m0/s1. The molecule has 1 atom stereocenters. The minimum Gasteiger partial charge on any atom is -0.463 e. The van der Waals surface area contributed by atoms with Crippen molar-refractivity contribution in [2.75, 3.05) is 12.4 Å². The van der Waals surface area contributed by atoms with Crippen LogP contribution >= 0.6 is 11.8 Å². The Balaban J connectivity index is 2.10. The molecule has 1 aliphatic rings. The van der Waals surface area contributed by atoms with Crippen molar-refractivity contribution in [1.29, 1.82) is 5.26 Å². The van der Waals surface area contributed by atoms with E-state index >= 15 is 0 Å². The number of nitrogens with one attached hydrogen (secondary N) is 1. The number of nitriles is 1. The highest BCUT2D eigenvalue weighted by Gasteiger charge is 2.38. The minimum atomic E-state index is -1.10. The Bertz CT molecular complexity index is 1180. The zero-order valence-corrected chi connectivity index (χ0v) is 17.6. The minimum absolute atomic E-state index is 0.0276. The summed E-state index contributed by atoms with van der Waals surface area (Å²) in [5.41, 5.74) is 6.12. The van der Waals surface area contributed by atoms with Crippen LogP contribution in [0.3, 0.4) is 0 Å². The van der Waals surface area contributed by atoms with Crippen molar-refractivity contribution in [2.45, 2.75) is 24.9 Å². The SMILES string of the molecule is CCOC(=O)C1=C(CSc2nc(C)cc(=O)[nH]2)OC(N)=C(C#N)[C@@H]1c1ccccc1F. The number of carbonyl (C=O) groups excluding carboxylic acids is 1. The lowest BCUT2D eigenvalue weighted by Gasteiger charge is -2.28. The Kier molecular flexibility index (Phi) is 6.77. The van der Waals surface area contributed by atoms with Crippen LogP contribution in [0.5, 0.6) is 0 Å². The molecule has 0 saturated heterocycles. The van der Waals surface area contributed by atoms with Gasteiger partial charge in [-0.05, 0) is 19.9 Å². The number of ether oxygens (including phenoxy) is 2. The number of H-pyrrole nitrogens is 1. The van der Waals surface area contributed by atoms with Gasteiger partial charge in [-0.2, -0.15) is 5.26 Å². The molecule has 10 heteroatoms. The molecule has 0 bridgehead atoms. The van der Waals surface area contributed by atoms with E-state index in [1.54, 1.807) is 19.9 Å². The van der Waals surface area contributed by atoms with E-state index in [1.165, 1.54) is 24.3 Å². The van der Waals surface area contributed by atoms with Gasteiger partial charge in [-0.3, -0.25) is 4.79 Å². The molecule has 1 aromatic heterocycles. The maximum absolute atomic E-state index is 14.7. The monoisotopic (exact) mass is 442 g/mol. The van der Waals surface area contributed by atoms with E-state index < -0.39 is 17.7 Å². The van der Waals surface area contributed by atoms with Crippen molar-refractivity contribution in [3.8, 4) is 6.07 Å². The largest absolute Gasteiger partial charge is 0.463 e. The van der Waals surface area contributed by atoms with E-state index in [-0.39, 0.29) is 46.3 Å². The van der Waals surface area contributed by atoms with Crippen LogP contribution in [0, 0.1) is 24.1 Å². The van der Waals surface area contributed by atoms with Gasteiger partial charge in [-0.1, -0.05) is 30.0 Å². The molecule has 2 aromatic rings. The van der Waals surface area contributed by atoms with Gasteiger partial charge in [-0.25, -0.2) is 14.2 Å². The second-order valence-corrected chi connectivity index (χ2v) is 7.45. The zero-order valence-electron chi connectivity index (χ0n) is 16.8. The van der Waals surface area contributed by atoms with Crippen molar-refractivity contribution < 1.29 is 18.7 Å². The molecule has 31 heavy (non-hydrogen) atoms. The van der Waals surface area contributed by atoms with Crippen molar-refractivity contribution >= 4 is 17.7 Å². The zero-order chi connectivity index (χ0) is 22.5. The summed E-state index contributed by atoms with van der Waals surface area (Å²) in [6.07, 6.45) is 0. The van der Waals surface area contributed by atoms with Crippen LogP contribution in [0.4, 0.5) is 4.39 Å². The number of rotatable bonds is 6. The number of thioether (sulfide) groups is 1. The van der Waals surface area contributed by atoms with Crippen LogP contribution in [0.1, 0.15) is 24.1 Å². The Morgan fingerprint density at radius 2 is 2.19 bits per heavy atom. The molecule has 0 aliphatic carbocycles. The van der Waals surface area contributed by atoms with Gasteiger partial charge in [0, 0.05) is 17.3 Å². The first kappa shape index (κ1) is 22.1. The number of carbonyl (C=O) groups is 1. The van der Waals surface area contributed by atoms with E-state index in [2.05, 4.69) is 9.97 Å². The van der Waals surface area contributed by atoms with Crippen molar-refractivity contribution in [3.05, 3.63) is 80.5 Å². The van der Waals surface area contributed by atoms with Crippen molar-refractivity contribution in [3.63, 3.8) is 0 Å². The quantitative estimate of drug-likeness (QED) is 0.397. The molecule has 0 radical (unpaired) electrons. The molecule has 0 amide bonds. The number of hydrogen-bond acceptors (Lipinski definition) is 8. The summed E-state index contributed by atoms with van der Waals surface area (Å²) in [5, 5.41) is 9.95. The third-order valence-electron chi connectivity index (χ3n) is 4.40. The second kappa shape index (κ2) is 9.49. The fourth-order valence-corrected chi connectivity index (χ4v) is 4.00. The summed E-state index contributed by atoms with van der Waals surface area (Å²) in [5.74, 6) is -2.56. The first-order valence-corrected chi connectivity index (χ1v) is 10.3. The number of halogens is 1. The Morgan fingerprint density at radius 1 is 1.45 bits per heavy atom. The topological polar surface area (TPSA) is 131 Å². The summed E-state index contributed by atoms with van der Waals surface area (Å²) >= 11 is 1.09. The summed E-state index contributed by atoms with van der Waals surface area (Å²) < 4.78 is 25.4. The molecule has 1 aliphatic heterocycles. The second-order valence-electron chi connectivity index (χ2n) is 6.48. The summed E-state index contributed by atoms with van der Waals surface area (Å²) in [7, 11) is 0. The molecule has 0 spiro atoms. The predicted molar refractivity (Wildman–Crippen MR) is 111 cm³/mol. The van der Waals surface area contributed by atoms with Gasteiger partial charge in [0.25, 0.3) is 5.56 Å². The maximum atomic E-state index is 14.7. The number of esters is 1. The number of allylic oxidation sites excluding steroid dienone is 1. The van der Waals surface area contributed by atoms with Crippen LogP contribution in [-0.4, -0.2) is 28.3 Å². The van der Waals surface area contributed by atoms with Gasteiger partial charge in [0.2, 0.25) is 5.88 Å².